The number of hydrogen-bond donors (Lipinski definition) is 3. The fourth-order valence-electron chi connectivity index (χ4n) is 6.80. The SMILES string of the molecule is CC1(S(=O)(=O)NC(=O)[C@@]23C[C@H]2/C=C\CCCCC[C@H](Nc2cccc(F)c2)C(=O)N2C[C@H](Oc4nc5ccc(Cl)cc5s4)C[C@H]2C(=O)N3)CC1. The molecule has 3 fully saturated rings. The fraction of sp³-hybridized carbons (Fsp3) is 0.486. The van der Waals surface area contributed by atoms with Gasteiger partial charge < -0.3 is 20.3 Å². The summed E-state index contributed by atoms with van der Waals surface area (Å²) in [6.07, 6.45) is 7.98. The van der Waals surface area contributed by atoms with Crippen molar-refractivity contribution < 1.29 is 31.9 Å². The summed E-state index contributed by atoms with van der Waals surface area (Å²) in [6.45, 7) is 1.65. The molecular weight excluding hydrogens is 705 g/mol. The molecule has 2 aliphatic heterocycles. The number of sulfonamides is 1. The van der Waals surface area contributed by atoms with Crippen LogP contribution in [0.4, 0.5) is 10.1 Å². The number of aromatic nitrogens is 1. The van der Waals surface area contributed by atoms with Gasteiger partial charge in [0, 0.05) is 23.0 Å². The second-order valence-corrected chi connectivity index (χ2v) is 17.6. The van der Waals surface area contributed by atoms with E-state index in [0.29, 0.717) is 47.1 Å². The molecule has 1 saturated heterocycles. The lowest BCUT2D eigenvalue weighted by atomic mass is 10.0. The van der Waals surface area contributed by atoms with Crippen molar-refractivity contribution in [2.45, 2.75) is 93.2 Å². The highest BCUT2D eigenvalue weighted by molar-refractivity contribution is 7.91. The van der Waals surface area contributed by atoms with Crippen molar-refractivity contribution in [3.8, 4) is 5.19 Å². The Morgan fingerprint density at radius 3 is 2.76 bits per heavy atom. The first kappa shape index (κ1) is 34.7. The molecule has 7 rings (SSSR count). The second kappa shape index (κ2) is 13.4. The number of nitrogens with one attached hydrogen (secondary N) is 3. The van der Waals surface area contributed by atoms with E-state index in [9.17, 15) is 27.2 Å². The Labute approximate surface area is 299 Å². The Morgan fingerprint density at radius 2 is 1.98 bits per heavy atom. The third-order valence-electron chi connectivity index (χ3n) is 10.2. The van der Waals surface area contributed by atoms with E-state index in [1.165, 1.54) is 28.4 Å². The highest BCUT2D eigenvalue weighted by Gasteiger charge is 2.63. The summed E-state index contributed by atoms with van der Waals surface area (Å²) < 4.78 is 48.6. The van der Waals surface area contributed by atoms with Crippen molar-refractivity contribution in [2.24, 2.45) is 5.92 Å². The van der Waals surface area contributed by atoms with Crippen LogP contribution in [0.15, 0.2) is 54.6 Å². The molecule has 0 unspecified atom stereocenters. The Morgan fingerprint density at radius 1 is 1.16 bits per heavy atom. The van der Waals surface area contributed by atoms with Crippen molar-refractivity contribution >= 4 is 66.6 Å². The van der Waals surface area contributed by atoms with Crippen molar-refractivity contribution in [3.63, 3.8) is 0 Å². The van der Waals surface area contributed by atoms with Gasteiger partial charge in [0.2, 0.25) is 21.8 Å². The van der Waals surface area contributed by atoms with E-state index in [4.69, 9.17) is 16.3 Å². The first-order valence-electron chi connectivity index (χ1n) is 17.0. The molecule has 0 spiro atoms. The third-order valence-corrected chi connectivity index (χ3v) is 13.5. The van der Waals surface area contributed by atoms with E-state index in [2.05, 4.69) is 20.3 Å². The molecule has 2 aliphatic carbocycles. The molecule has 11 nitrogen and oxygen atoms in total. The van der Waals surface area contributed by atoms with Crippen LogP contribution in [-0.4, -0.2) is 71.0 Å². The van der Waals surface area contributed by atoms with Crippen LogP contribution in [0, 0.1) is 11.7 Å². The molecule has 3 heterocycles. The van der Waals surface area contributed by atoms with Gasteiger partial charge in [-0.25, -0.2) is 17.8 Å². The third kappa shape index (κ3) is 7.06. The summed E-state index contributed by atoms with van der Waals surface area (Å²) in [7, 11) is -3.96. The van der Waals surface area contributed by atoms with Gasteiger partial charge in [0.25, 0.3) is 11.1 Å². The zero-order chi connectivity index (χ0) is 35.3. The molecule has 2 saturated carbocycles. The molecule has 1 aromatic heterocycles. The number of carbonyl (C=O) groups excluding carboxylic acids is 3. The van der Waals surface area contributed by atoms with Crippen LogP contribution in [0.5, 0.6) is 5.19 Å². The van der Waals surface area contributed by atoms with Crippen molar-refractivity contribution in [1.82, 2.24) is 19.9 Å². The number of carbonyl (C=O) groups is 3. The second-order valence-electron chi connectivity index (χ2n) is 14.0. The molecular formula is C35H39ClFN5O6S2. The minimum Gasteiger partial charge on any atom is -0.465 e. The molecule has 3 amide bonds. The van der Waals surface area contributed by atoms with E-state index < -0.39 is 62.0 Å². The first-order chi connectivity index (χ1) is 23.9. The van der Waals surface area contributed by atoms with Crippen molar-refractivity contribution in [3.05, 3.63) is 65.5 Å². The minimum atomic E-state index is -3.96. The number of thiazole rings is 1. The molecule has 4 aliphatic rings. The quantitative estimate of drug-likeness (QED) is 0.276. The zero-order valence-electron chi connectivity index (χ0n) is 27.5. The summed E-state index contributed by atoms with van der Waals surface area (Å²) in [5.74, 6) is -2.58. The van der Waals surface area contributed by atoms with Crippen LogP contribution in [0.1, 0.15) is 64.7 Å². The Hall–Kier alpha value is -3.75. The summed E-state index contributed by atoms with van der Waals surface area (Å²) in [4.78, 5) is 48.5. The van der Waals surface area contributed by atoms with Gasteiger partial charge >= 0.3 is 0 Å². The fourth-order valence-corrected chi connectivity index (χ4v) is 9.27. The number of ether oxygens (including phenoxy) is 1. The van der Waals surface area contributed by atoms with Crippen LogP contribution >= 0.6 is 22.9 Å². The van der Waals surface area contributed by atoms with E-state index >= 15 is 0 Å². The molecule has 0 radical (unpaired) electrons. The van der Waals surface area contributed by atoms with Crippen LogP contribution < -0.4 is 20.1 Å². The predicted octanol–water partition coefficient (Wildman–Crippen LogP) is 5.31. The molecule has 3 N–H and O–H groups in total. The van der Waals surface area contributed by atoms with Crippen LogP contribution in [0.2, 0.25) is 5.02 Å². The molecule has 50 heavy (non-hydrogen) atoms. The van der Waals surface area contributed by atoms with Crippen molar-refractivity contribution in [2.75, 3.05) is 11.9 Å². The average Bonchev–Trinajstić information content (AvgIpc) is 3.88. The Balaban J connectivity index is 1.19. The summed E-state index contributed by atoms with van der Waals surface area (Å²) >= 11 is 7.47. The lowest BCUT2D eigenvalue weighted by molar-refractivity contribution is -0.140. The van der Waals surface area contributed by atoms with Gasteiger partial charge in [0.15, 0.2) is 0 Å². The van der Waals surface area contributed by atoms with Gasteiger partial charge in [-0.05, 0) is 81.8 Å². The lowest BCUT2D eigenvalue weighted by Gasteiger charge is -2.30. The molecule has 266 valence electrons. The van der Waals surface area contributed by atoms with Gasteiger partial charge in [-0.1, -0.05) is 54.0 Å². The molecule has 5 atom stereocenters. The van der Waals surface area contributed by atoms with Crippen LogP contribution in [0.25, 0.3) is 10.2 Å². The number of halogens is 2. The van der Waals surface area contributed by atoms with Gasteiger partial charge in [0.1, 0.15) is 29.5 Å². The average molecular weight is 744 g/mol. The number of hydrogen-bond acceptors (Lipinski definition) is 9. The molecule has 2 aromatic carbocycles. The lowest BCUT2D eigenvalue weighted by Crippen LogP contribution is -2.58. The van der Waals surface area contributed by atoms with E-state index in [0.717, 1.165) is 24.0 Å². The predicted molar refractivity (Wildman–Crippen MR) is 189 cm³/mol. The number of amides is 3. The van der Waals surface area contributed by atoms with Gasteiger partial charge in [0.05, 0.1) is 21.5 Å². The minimum absolute atomic E-state index is 0.0597. The number of fused-ring (bicyclic) bond motifs is 3. The standard InChI is InChI=1S/C35H39ClFN5O6S2/c1-34(14-15-34)50(46,47)41-32(45)35-19-21(35)8-5-3-2-4-6-11-27(38-24-10-7-9-23(37)17-24)31(44)42-20-25(18-28(42)30(43)40-35)48-33-39-26-13-12-22(36)16-29(26)49-33/h5,7-10,12-13,16-17,21,25,27-28,38H,2-4,6,11,14-15,18-20H2,1H3,(H,40,43)(H,41,45)/b8-5-/t21-,25-,27+,28+,35-/m1/s1. The summed E-state index contributed by atoms with van der Waals surface area (Å²) in [5, 5.41) is 7.01. The van der Waals surface area contributed by atoms with Crippen LogP contribution in [0.3, 0.4) is 0 Å². The van der Waals surface area contributed by atoms with Crippen LogP contribution in [-0.2, 0) is 24.4 Å². The first-order valence-corrected chi connectivity index (χ1v) is 19.6. The topological polar surface area (TPSA) is 147 Å². The number of nitrogens with zero attached hydrogens (tertiary/aromatic N) is 2. The zero-order valence-corrected chi connectivity index (χ0v) is 29.9. The molecule has 3 aromatic rings. The highest BCUT2D eigenvalue weighted by Crippen LogP contribution is 2.47. The number of allylic oxidation sites excluding steroid dienone is 1. The van der Waals surface area contributed by atoms with E-state index in [-0.39, 0.29) is 25.3 Å². The molecule has 15 heteroatoms. The Kier molecular flexibility index (Phi) is 9.31. The maximum Gasteiger partial charge on any atom is 0.274 e. The monoisotopic (exact) mass is 743 g/mol. The largest absolute Gasteiger partial charge is 0.465 e. The maximum atomic E-state index is 14.4. The van der Waals surface area contributed by atoms with E-state index in [1.807, 2.05) is 12.2 Å². The van der Waals surface area contributed by atoms with Gasteiger partial charge in [-0.15, -0.1) is 0 Å². The van der Waals surface area contributed by atoms with Gasteiger partial charge in [-0.2, -0.15) is 0 Å². The normalized spacial score (nSPS) is 28.7. The van der Waals surface area contributed by atoms with Gasteiger partial charge in [-0.3, -0.25) is 19.1 Å². The Bertz CT molecular complexity index is 1970. The summed E-state index contributed by atoms with van der Waals surface area (Å²) in [5.41, 5.74) is -0.343. The number of anilines is 1. The number of benzene rings is 2. The molecule has 0 bridgehead atoms. The highest BCUT2D eigenvalue weighted by atomic mass is 35.5. The maximum absolute atomic E-state index is 14.4. The summed E-state index contributed by atoms with van der Waals surface area (Å²) in [6, 6.07) is 9.38. The van der Waals surface area contributed by atoms with E-state index in [1.54, 1.807) is 37.3 Å². The smallest absolute Gasteiger partial charge is 0.274 e. The van der Waals surface area contributed by atoms with Crippen molar-refractivity contribution in [1.29, 1.82) is 0 Å². The number of rotatable bonds is 7.